The Hall–Kier alpha value is -1.35. The van der Waals surface area contributed by atoms with Gasteiger partial charge in [0.25, 0.3) is 5.91 Å². The number of hydrogen-bond donors (Lipinski definition) is 3. The molecule has 1 amide bonds. The normalized spacial score (nSPS) is 16.6. The van der Waals surface area contributed by atoms with E-state index in [-0.39, 0.29) is 36.0 Å². The van der Waals surface area contributed by atoms with Crippen molar-refractivity contribution >= 4 is 41.5 Å². The van der Waals surface area contributed by atoms with Crippen LogP contribution in [0.25, 0.3) is 0 Å². The molecule has 158 valence electrons. The van der Waals surface area contributed by atoms with Crippen LogP contribution in [0.1, 0.15) is 51.5 Å². The number of hydrogen-bond acceptors (Lipinski definition) is 3. The van der Waals surface area contributed by atoms with Crippen LogP contribution in [-0.2, 0) is 16.1 Å². The van der Waals surface area contributed by atoms with Crippen molar-refractivity contribution in [2.45, 2.75) is 58.6 Å². The van der Waals surface area contributed by atoms with Crippen molar-refractivity contribution in [3.8, 4) is 0 Å². The smallest absolute Gasteiger partial charge is 0.253 e. The lowest BCUT2D eigenvalue weighted by molar-refractivity contribution is -0.124. The molecule has 0 radical (unpaired) electrons. The third-order valence-corrected chi connectivity index (χ3v) is 4.60. The van der Waals surface area contributed by atoms with E-state index in [1.54, 1.807) is 7.05 Å². The molecule has 1 aromatic rings. The highest BCUT2D eigenvalue weighted by molar-refractivity contribution is 14.0. The third-order valence-electron chi connectivity index (χ3n) is 4.60. The van der Waals surface area contributed by atoms with Crippen molar-refractivity contribution < 1.29 is 9.53 Å². The molecular formula is C21H35IN4O2. The molecule has 0 bridgehead atoms. The van der Waals surface area contributed by atoms with Crippen LogP contribution in [0.15, 0.2) is 29.3 Å². The molecule has 1 saturated heterocycles. The lowest BCUT2D eigenvalue weighted by Gasteiger charge is -2.14. The molecule has 0 spiro atoms. The van der Waals surface area contributed by atoms with E-state index in [9.17, 15) is 4.79 Å². The molecule has 0 aromatic heterocycles. The second-order valence-corrected chi connectivity index (χ2v) is 7.43. The van der Waals surface area contributed by atoms with Crippen LogP contribution in [0.5, 0.6) is 0 Å². The van der Waals surface area contributed by atoms with Gasteiger partial charge in [0.05, 0.1) is 0 Å². The lowest BCUT2D eigenvalue weighted by Crippen LogP contribution is -2.37. The first kappa shape index (κ1) is 24.7. The molecule has 1 aliphatic heterocycles. The minimum atomic E-state index is -0.314. The maximum absolute atomic E-state index is 12.2. The largest absolute Gasteiger partial charge is 0.368 e. The zero-order chi connectivity index (χ0) is 19.5. The summed E-state index contributed by atoms with van der Waals surface area (Å²) in [5.41, 5.74) is 1.88. The Morgan fingerprint density at radius 2 is 2.11 bits per heavy atom. The van der Waals surface area contributed by atoms with E-state index in [4.69, 9.17) is 4.74 Å². The Balaban J connectivity index is 0.00000392. The summed E-state index contributed by atoms with van der Waals surface area (Å²) in [7, 11) is 1.78. The summed E-state index contributed by atoms with van der Waals surface area (Å²) in [5, 5.41) is 9.62. The number of anilines is 1. The van der Waals surface area contributed by atoms with Gasteiger partial charge in [0.1, 0.15) is 6.10 Å². The maximum Gasteiger partial charge on any atom is 0.253 e. The summed E-state index contributed by atoms with van der Waals surface area (Å²) in [6.45, 7) is 6.75. The number of nitrogens with one attached hydrogen (secondary N) is 3. The number of guanidine groups is 1. The van der Waals surface area contributed by atoms with Gasteiger partial charge in [-0.3, -0.25) is 9.79 Å². The second-order valence-electron chi connectivity index (χ2n) is 7.43. The van der Waals surface area contributed by atoms with Crippen molar-refractivity contribution in [1.29, 1.82) is 0 Å². The van der Waals surface area contributed by atoms with Crippen LogP contribution >= 0.6 is 24.0 Å². The molecule has 1 unspecified atom stereocenters. The van der Waals surface area contributed by atoms with Crippen molar-refractivity contribution in [2.24, 2.45) is 10.9 Å². The van der Waals surface area contributed by atoms with Crippen LogP contribution < -0.4 is 16.0 Å². The molecule has 7 heteroatoms. The van der Waals surface area contributed by atoms with Gasteiger partial charge < -0.3 is 20.7 Å². The van der Waals surface area contributed by atoms with Crippen LogP contribution in [0, 0.1) is 5.92 Å². The monoisotopic (exact) mass is 502 g/mol. The van der Waals surface area contributed by atoms with Crippen LogP contribution in [0.2, 0.25) is 0 Å². The minimum absolute atomic E-state index is 0. The maximum atomic E-state index is 12.2. The molecule has 3 N–H and O–H groups in total. The molecule has 1 heterocycles. The van der Waals surface area contributed by atoms with Crippen LogP contribution in [0.3, 0.4) is 0 Å². The predicted molar refractivity (Wildman–Crippen MR) is 126 cm³/mol. The fourth-order valence-electron chi connectivity index (χ4n) is 3.06. The summed E-state index contributed by atoms with van der Waals surface area (Å²) in [6, 6.07) is 7.86. The van der Waals surface area contributed by atoms with Crippen molar-refractivity contribution in [2.75, 3.05) is 25.5 Å². The number of carbonyl (C=O) groups excluding carboxylic acids is 1. The van der Waals surface area contributed by atoms with E-state index < -0.39 is 0 Å². The highest BCUT2D eigenvalue weighted by Crippen LogP contribution is 2.16. The third kappa shape index (κ3) is 9.23. The van der Waals surface area contributed by atoms with Crippen molar-refractivity contribution in [3.05, 3.63) is 29.8 Å². The Morgan fingerprint density at radius 1 is 1.29 bits per heavy atom. The number of ether oxygens (including phenoxy) is 1. The number of benzene rings is 1. The van der Waals surface area contributed by atoms with E-state index in [2.05, 4.69) is 34.8 Å². The Labute approximate surface area is 186 Å². The average molecular weight is 502 g/mol. The lowest BCUT2D eigenvalue weighted by atomic mass is 10.1. The Morgan fingerprint density at radius 3 is 2.79 bits per heavy atom. The van der Waals surface area contributed by atoms with E-state index >= 15 is 0 Å². The van der Waals surface area contributed by atoms with Crippen LogP contribution in [-0.4, -0.2) is 38.2 Å². The first-order chi connectivity index (χ1) is 13.1. The molecule has 28 heavy (non-hydrogen) atoms. The molecule has 6 nitrogen and oxygen atoms in total. The quantitative estimate of drug-likeness (QED) is 0.207. The summed E-state index contributed by atoms with van der Waals surface area (Å²) in [5.74, 6) is 1.50. The first-order valence-corrected chi connectivity index (χ1v) is 10.0. The number of halogens is 1. The highest BCUT2D eigenvalue weighted by atomic mass is 127. The van der Waals surface area contributed by atoms with Crippen molar-refractivity contribution in [1.82, 2.24) is 10.6 Å². The van der Waals surface area contributed by atoms with E-state index in [1.165, 1.54) is 12.8 Å². The number of aliphatic imine (C=N–C) groups is 1. The number of amides is 1. The van der Waals surface area contributed by atoms with Gasteiger partial charge in [-0.1, -0.05) is 38.8 Å². The van der Waals surface area contributed by atoms with E-state index in [1.807, 2.05) is 24.3 Å². The van der Waals surface area contributed by atoms with Crippen molar-refractivity contribution in [3.63, 3.8) is 0 Å². The van der Waals surface area contributed by atoms with Gasteiger partial charge in [-0.05, 0) is 42.9 Å². The molecule has 0 aliphatic carbocycles. The van der Waals surface area contributed by atoms with E-state index in [0.29, 0.717) is 13.2 Å². The predicted octanol–water partition coefficient (Wildman–Crippen LogP) is 3.91. The Kier molecular flexibility index (Phi) is 12.1. The fourth-order valence-corrected chi connectivity index (χ4v) is 3.06. The first-order valence-electron chi connectivity index (χ1n) is 10.0. The van der Waals surface area contributed by atoms with Gasteiger partial charge in [0.2, 0.25) is 0 Å². The molecule has 1 atom stereocenters. The fraction of sp³-hybridized carbons (Fsp3) is 0.619. The van der Waals surface area contributed by atoms with Gasteiger partial charge in [-0.2, -0.15) is 0 Å². The second kappa shape index (κ2) is 13.8. The number of unbranched alkanes of at least 4 members (excludes halogenated alkanes) is 1. The van der Waals surface area contributed by atoms with Gasteiger partial charge in [-0.15, -0.1) is 24.0 Å². The van der Waals surface area contributed by atoms with Gasteiger partial charge in [-0.25, -0.2) is 0 Å². The summed E-state index contributed by atoms with van der Waals surface area (Å²) in [4.78, 5) is 16.4. The molecule has 0 saturated carbocycles. The summed E-state index contributed by atoms with van der Waals surface area (Å²) in [6.07, 6.45) is 5.07. The average Bonchev–Trinajstić information content (AvgIpc) is 3.19. The number of carbonyl (C=O) groups is 1. The molecule has 1 fully saturated rings. The van der Waals surface area contributed by atoms with Crippen LogP contribution in [0.4, 0.5) is 5.69 Å². The number of rotatable bonds is 9. The highest BCUT2D eigenvalue weighted by Gasteiger charge is 2.23. The van der Waals surface area contributed by atoms with Gasteiger partial charge >= 0.3 is 0 Å². The molecule has 1 aromatic carbocycles. The Bertz CT molecular complexity index is 616. The topological polar surface area (TPSA) is 74.8 Å². The summed E-state index contributed by atoms with van der Waals surface area (Å²) < 4.78 is 5.43. The molecule has 1 aliphatic rings. The SMILES string of the molecule is CN=C(NCCCCC(C)C)NCc1cccc(NC(=O)C2CCCO2)c1.I. The number of nitrogens with zero attached hydrogens (tertiary/aromatic N) is 1. The van der Waals surface area contributed by atoms with Gasteiger partial charge in [0, 0.05) is 32.4 Å². The van der Waals surface area contributed by atoms with E-state index in [0.717, 1.165) is 48.9 Å². The van der Waals surface area contributed by atoms with Gasteiger partial charge in [0.15, 0.2) is 5.96 Å². The summed E-state index contributed by atoms with van der Waals surface area (Å²) >= 11 is 0. The molecular weight excluding hydrogens is 467 g/mol. The standard InChI is InChI=1S/C21H34N4O2.HI/c1-16(2)8-4-5-12-23-21(22-3)24-15-17-9-6-10-18(14-17)25-20(26)19-11-7-13-27-19;/h6,9-10,14,16,19H,4-5,7-8,11-13,15H2,1-3H3,(H,25,26)(H2,22,23,24);1H. The molecule has 2 rings (SSSR count). The zero-order valence-electron chi connectivity index (χ0n) is 17.3. The minimum Gasteiger partial charge on any atom is -0.368 e. The zero-order valence-corrected chi connectivity index (χ0v) is 19.6.